The highest BCUT2D eigenvalue weighted by Gasteiger charge is 2.19. The molecule has 2 rings (SSSR count). The van der Waals surface area contributed by atoms with E-state index in [2.05, 4.69) is 10.6 Å². The Bertz CT molecular complexity index is 860. The van der Waals surface area contributed by atoms with Crippen molar-refractivity contribution in [3.63, 3.8) is 0 Å². The standard InChI is InChI=1S/C19H19N3O5/c1-11(23)21-15-8-6-13(7-9-15)18(25)22-16(17(20)24)10-12-2-4-14(5-3-12)19(26)27/h2-9,16H,10H2,1H3,(H2,20,24)(H,21,23)(H,22,25)(H,26,27)/t16-/m0/s1. The van der Waals surface area contributed by atoms with Gasteiger partial charge in [0.1, 0.15) is 6.04 Å². The first-order chi connectivity index (χ1) is 12.8. The maximum atomic E-state index is 12.3. The molecule has 0 aliphatic carbocycles. The quantitative estimate of drug-likeness (QED) is 0.580. The molecule has 8 nitrogen and oxygen atoms in total. The molecule has 0 aliphatic heterocycles. The van der Waals surface area contributed by atoms with Crippen molar-refractivity contribution in [3.8, 4) is 0 Å². The minimum absolute atomic E-state index is 0.123. The van der Waals surface area contributed by atoms with Crippen LogP contribution in [0.5, 0.6) is 0 Å². The number of hydrogen-bond donors (Lipinski definition) is 4. The Morgan fingerprint density at radius 3 is 2.00 bits per heavy atom. The summed E-state index contributed by atoms with van der Waals surface area (Å²) in [4.78, 5) is 45.9. The third-order valence-electron chi connectivity index (χ3n) is 3.76. The van der Waals surface area contributed by atoms with Crippen LogP contribution in [0.3, 0.4) is 0 Å². The monoisotopic (exact) mass is 369 g/mol. The van der Waals surface area contributed by atoms with Gasteiger partial charge in [-0.05, 0) is 42.0 Å². The van der Waals surface area contributed by atoms with Gasteiger partial charge < -0.3 is 21.5 Å². The summed E-state index contributed by atoms with van der Waals surface area (Å²) < 4.78 is 0. The van der Waals surface area contributed by atoms with Gasteiger partial charge in [-0.2, -0.15) is 0 Å². The molecule has 0 heterocycles. The van der Waals surface area contributed by atoms with Crippen LogP contribution in [0.4, 0.5) is 5.69 Å². The molecule has 27 heavy (non-hydrogen) atoms. The number of rotatable bonds is 7. The van der Waals surface area contributed by atoms with Gasteiger partial charge in [0.2, 0.25) is 11.8 Å². The summed E-state index contributed by atoms with van der Waals surface area (Å²) in [6.07, 6.45) is 0.130. The molecule has 0 aromatic heterocycles. The molecule has 2 aromatic rings. The van der Waals surface area contributed by atoms with Crippen molar-refractivity contribution in [3.05, 3.63) is 65.2 Å². The molecule has 8 heteroatoms. The van der Waals surface area contributed by atoms with Crippen LogP contribution in [0.1, 0.15) is 33.2 Å². The molecule has 0 radical (unpaired) electrons. The molecule has 3 amide bonds. The SMILES string of the molecule is CC(=O)Nc1ccc(C(=O)N[C@@H](Cc2ccc(C(=O)O)cc2)C(N)=O)cc1. The molecule has 0 saturated heterocycles. The van der Waals surface area contributed by atoms with Crippen molar-refractivity contribution < 1.29 is 24.3 Å². The van der Waals surface area contributed by atoms with Gasteiger partial charge in [-0.15, -0.1) is 0 Å². The van der Waals surface area contributed by atoms with Gasteiger partial charge in [0.15, 0.2) is 0 Å². The molecule has 2 aromatic carbocycles. The lowest BCUT2D eigenvalue weighted by Crippen LogP contribution is -2.45. The minimum atomic E-state index is -1.05. The second kappa shape index (κ2) is 8.61. The van der Waals surface area contributed by atoms with Crippen LogP contribution in [0.15, 0.2) is 48.5 Å². The molecule has 0 fully saturated rings. The summed E-state index contributed by atoms with van der Waals surface area (Å²) in [5.74, 6) is -2.48. The van der Waals surface area contributed by atoms with Crippen LogP contribution in [0, 0.1) is 0 Å². The van der Waals surface area contributed by atoms with Crippen LogP contribution in [-0.2, 0) is 16.0 Å². The number of anilines is 1. The van der Waals surface area contributed by atoms with E-state index in [0.29, 0.717) is 16.8 Å². The Hall–Kier alpha value is -3.68. The first-order valence-corrected chi connectivity index (χ1v) is 8.06. The number of carboxylic acid groups (broad SMARTS) is 1. The van der Waals surface area contributed by atoms with Crippen LogP contribution in [-0.4, -0.2) is 34.8 Å². The maximum absolute atomic E-state index is 12.3. The number of amides is 3. The lowest BCUT2D eigenvalue weighted by Gasteiger charge is -2.16. The normalized spacial score (nSPS) is 11.3. The Morgan fingerprint density at radius 1 is 0.963 bits per heavy atom. The maximum Gasteiger partial charge on any atom is 0.335 e. The third-order valence-corrected chi connectivity index (χ3v) is 3.76. The molecule has 0 aliphatic rings. The molecule has 0 saturated carbocycles. The number of primary amides is 1. The second-order valence-electron chi connectivity index (χ2n) is 5.89. The molecule has 5 N–H and O–H groups in total. The van der Waals surface area contributed by atoms with E-state index in [9.17, 15) is 19.2 Å². The molecular formula is C19H19N3O5. The van der Waals surface area contributed by atoms with E-state index in [1.165, 1.54) is 31.2 Å². The zero-order valence-electron chi connectivity index (χ0n) is 14.6. The number of carbonyl (C=O) groups excluding carboxylic acids is 3. The van der Waals surface area contributed by atoms with Crippen LogP contribution in [0.2, 0.25) is 0 Å². The van der Waals surface area contributed by atoms with E-state index in [-0.39, 0.29) is 17.9 Å². The van der Waals surface area contributed by atoms with E-state index in [0.717, 1.165) is 0 Å². The van der Waals surface area contributed by atoms with Gasteiger partial charge in [-0.1, -0.05) is 12.1 Å². The van der Waals surface area contributed by atoms with Crippen LogP contribution in [0.25, 0.3) is 0 Å². The zero-order valence-corrected chi connectivity index (χ0v) is 14.6. The Kier molecular flexibility index (Phi) is 6.27. The zero-order chi connectivity index (χ0) is 20.0. The average Bonchev–Trinajstić information content (AvgIpc) is 2.61. The summed E-state index contributed by atoms with van der Waals surface area (Å²) in [5, 5.41) is 14.1. The van der Waals surface area contributed by atoms with Crippen molar-refractivity contribution >= 4 is 29.4 Å². The number of benzene rings is 2. The fourth-order valence-corrected chi connectivity index (χ4v) is 2.39. The summed E-state index contributed by atoms with van der Waals surface area (Å²) in [6, 6.07) is 11.2. The van der Waals surface area contributed by atoms with Crippen LogP contribution >= 0.6 is 0 Å². The van der Waals surface area contributed by atoms with Gasteiger partial charge in [-0.25, -0.2) is 4.79 Å². The van der Waals surface area contributed by atoms with Gasteiger partial charge in [0.25, 0.3) is 5.91 Å². The largest absolute Gasteiger partial charge is 0.478 e. The smallest absolute Gasteiger partial charge is 0.335 e. The molecule has 0 spiro atoms. The van der Waals surface area contributed by atoms with Crippen LogP contribution < -0.4 is 16.4 Å². The fraction of sp³-hybridized carbons (Fsp3) is 0.158. The Balaban J connectivity index is 2.06. The third kappa shape index (κ3) is 5.67. The van der Waals surface area contributed by atoms with Crippen molar-refractivity contribution in [2.24, 2.45) is 5.73 Å². The number of carboxylic acids is 1. The summed E-state index contributed by atoms with van der Waals surface area (Å²) >= 11 is 0. The van der Waals surface area contributed by atoms with Crippen molar-refractivity contribution in [2.45, 2.75) is 19.4 Å². The summed E-state index contributed by atoms with van der Waals surface area (Å²) in [6.45, 7) is 1.38. The van der Waals surface area contributed by atoms with E-state index >= 15 is 0 Å². The highest BCUT2D eigenvalue weighted by molar-refractivity contribution is 5.98. The molecule has 1 atom stereocenters. The predicted octanol–water partition coefficient (Wildman–Crippen LogP) is 1.17. The number of nitrogens with one attached hydrogen (secondary N) is 2. The molecular weight excluding hydrogens is 350 g/mol. The number of aromatic carboxylic acids is 1. The van der Waals surface area contributed by atoms with E-state index < -0.39 is 23.8 Å². The first kappa shape index (κ1) is 19.6. The summed E-state index contributed by atoms with van der Waals surface area (Å²) in [7, 11) is 0. The number of nitrogens with two attached hydrogens (primary N) is 1. The Morgan fingerprint density at radius 2 is 1.52 bits per heavy atom. The fourth-order valence-electron chi connectivity index (χ4n) is 2.39. The number of hydrogen-bond acceptors (Lipinski definition) is 4. The van der Waals surface area contributed by atoms with E-state index in [1.54, 1.807) is 24.3 Å². The molecule has 0 unspecified atom stereocenters. The van der Waals surface area contributed by atoms with E-state index in [4.69, 9.17) is 10.8 Å². The summed E-state index contributed by atoms with van der Waals surface area (Å²) in [5.41, 5.74) is 7.00. The van der Waals surface area contributed by atoms with Crippen molar-refractivity contribution in [1.29, 1.82) is 0 Å². The van der Waals surface area contributed by atoms with Crippen molar-refractivity contribution in [2.75, 3.05) is 5.32 Å². The van der Waals surface area contributed by atoms with Gasteiger partial charge in [0, 0.05) is 24.6 Å². The average molecular weight is 369 g/mol. The van der Waals surface area contributed by atoms with Gasteiger partial charge >= 0.3 is 5.97 Å². The number of carbonyl (C=O) groups is 4. The van der Waals surface area contributed by atoms with E-state index in [1.807, 2.05) is 0 Å². The van der Waals surface area contributed by atoms with Gasteiger partial charge in [-0.3, -0.25) is 14.4 Å². The minimum Gasteiger partial charge on any atom is -0.478 e. The van der Waals surface area contributed by atoms with Gasteiger partial charge in [0.05, 0.1) is 5.56 Å². The predicted molar refractivity (Wildman–Crippen MR) is 98.3 cm³/mol. The first-order valence-electron chi connectivity index (χ1n) is 8.06. The lowest BCUT2D eigenvalue weighted by atomic mass is 10.0. The second-order valence-corrected chi connectivity index (χ2v) is 5.89. The highest BCUT2D eigenvalue weighted by Crippen LogP contribution is 2.11. The lowest BCUT2D eigenvalue weighted by molar-refractivity contribution is -0.119. The highest BCUT2D eigenvalue weighted by atomic mass is 16.4. The molecule has 0 bridgehead atoms. The van der Waals surface area contributed by atoms with Crippen molar-refractivity contribution in [1.82, 2.24) is 5.32 Å². The Labute approximate surface area is 155 Å². The molecule has 140 valence electrons. The topological polar surface area (TPSA) is 139 Å².